The third-order valence-corrected chi connectivity index (χ3v) is 2.91. The number of aryl methyl sites for hydroxylation is 1. The van der Waals surface area contributed by atoms with Gasteiger partial charge >= 0.3 is 5.97 Å². The highest BCUT2D eigenvalue weighted by Gasteiger charge is 2.18. The van der Waals surface area contributed by atoms with E-state index in [9.17, 15) is 4.79 Å². The lowest BCUT2D eigenvalue weighted by atomic mass is 10.3. The second-order valence-electron chi connectivity index (χ2n) is 4.19. The first-order valence-corrected chi connectivity index (χ1v) is 5.46. The van der Waals surface area contributed by atoms with Gasteiger partial charge in [0.1, 0.15) is 0 Å². The van der Waals surface area contributed by atoms with Crippen LogP contribution in [0.4, 0.5) is 5.69 Å². The summed E-state index contributed by atoms with van der Waals surface area (Å²) in [5, 5.41) is 8.69. The van der Waals surface area contributed by atoms with Gasteiger partial charge in [-0.3, -0.25) is 9.69 Å². The van der Waals surface area contributed by atoms with Crippen LogP contribution in [0.1, 0.15) is 0 Å². The molecule has 0 bridgehead atoms. The molecule has 0 aliphatic carbocycles. The fourth-order valence-electron chi connectivity index (χ4n) is 2.03. The third-order valence-electron chi connectivity index (χ3n) is 2.91. The monoisotopic (exact) mass is 223 g/mol. The molecule has 1 aliphatic rings. The van der Waals surface area contributed by atoms with Crippen LogP contribution in [-0.4, -0.2) is 53.3 Å². The molecule has 0 saturated carbocycles. The molecule has 5 heteroatoms. The van der Waals surface area contributed by atoms with Crippen LogP contribution in [0, 0.1) is 0 Å². The Morgan fingerprint density at radius 3 is 2.56 bits per heavy atom. The van der Waals surface area contributed by atoms with Crippen molar-refractivity contribution in [2.45, 2.75) is 0 Å². The third kappa shape index (κ3) is 2.55. The van der Waals surface area contributed by atoms with Gasteiger partial charge in [0.25, 0.3) is 0 Å². The van der Waals surface area contributed by atoms with E-state index in [2.05, 4.69) is 17.2 Å². The first kappa shape index (κ1) is 11.0. The minimum atomic E-state index is -0.742. The summed E-state index contributed by atoms with van der Waals surface area (Å²) in [6, 6.07) is 2.09. The topological polar surface area (TPSA) is 48.7 Å². The molecule has 2 heterocycles. The van der Waals surface area contributed by atoms with Crippen LogP contribution in [0.2, 0.25) is 0 Å². The number of carbonyl (C=O) groups is 1. The molecule has 16 heavy (non-hydrogen) atoms. The van der Waals surface area contributed by atoms with E-state index in [1.807, 2.05) is 22.7 Å². The van der Waals surface area contributed by atoms with Crippen LogP contribution in [-0.2, 0) is 11.8 Å². The molecule has 1 fully saturated rings. The highest BCUT2D eigenvalue weighted by molar-refractivity contribution is 5.69. The number of anilines is 1. The predicted molar refractivity (Wildman–Crippen MR) is 61.7 cm³/mol. The van der Waals surface area contributed by atoms with Crippen LogP contribution < -0.4 is 4.90 Å². The highest BCUT2D eigenvalue weighted by Crippen LogP contribution is 2.15. The van der Waals surface area contributed by atoms with Crippen LogP contribution in [0.5, 0.6) is 0 Å². The zero-order chi connectivity index (χ0) is 11.5. The van der Waals surface area contributed by atoms with E-state index in [0.29, 0.717) is 0 Å². The number of rotatable bonds is 3. The molecule has 1 aromatic heterocycles. The molecular formula is C11H17N3O2. The number of hydrogen-bond donors (Lipinski definition) is 1. The van der Waals surface area contributed by atoms with Crippen LogP contribution >= 0.6 is 0 Å². The normalized spacial score (nSPS) is 17.7. The molecule has 2 rings (SSSR count). The lowest BCUT2D eigenvalue weighted by molar-refractivity contribution is -0.138. The summed E-state index contributed by atoms with van der Waals surface area (Å²) in [5.74, 6) is -0.742. The van der Waals surface area contributed by atoms with Crippen molar-refractivity contribution in [3.05, 3.63) is 18.5 Å². The molecule has 0 spiro atoms. The molecule has 5 nitrogen and oxygen atoms in total. The molecular weight excluding hydrogens is 206 g/mol. The number of carboxylic acid groups (broad SMARTS) is 1. The lowest BCUT2D eigenvalue weighted by Crippen LogP contribution is -2.47. The molecule has 0 atom stereocenters. The Kier molecular flexibility index (Phi) is 3.14. The van der Waals surface area contributed by atoms with Gasteiger partial charge < -0.3 is 14.6 Å². The predicted octanol–water partition coefficient (Wildman–Crippen LogP) is 0.232. The molecule has 0 radical (unpaired) electrons. The van der Waals surface area contributed by atoms with Crippen molar-refractivity contribution in [1.29, 1.82) is 0 Å². The first-order valence-electron chi connectivity index (χ1n) is 5.46. The van der Waals surface area contributed by atoms with Crippen molar-refractivity contribution in [3.63, 3.8) is 0 Å². The molecule has 1 N–H and O–H groups in total. The quantitative estimate of drug-likeness (QED) is 0.797. The number of aliphatic carboxylic acids is 1. The zero-order valence-corrected chi connectivity index (χ0v) is 9.46. The van der Waals surface area contributed by atoms with Crippen LogP contribution in [0.15, 0.2) is 18.5 Å². The van der Waals surface area contributed by atoms with Crippen molar-refractivity contribution < 1.29 is 9.90 Å². The SMILES string of the molecule is Cn1ccc(N2CCN(CC(=O)O)CC2)c1. The largest absolute Gasteiger partial charge is 0.480 e. The van der Waals surface area contributed by atoms with Crippen molar-refractivity contribution in [3.8, 4) is 0 Å². The lowest BCUT2D eigenvalue weighted by Gasteiger charge is -2.34. The van der Waals surface area contributed by atoms with E-state index in [-0.39, 0.29) is 6.54 Å². The Balaban J connectivity index is 1.87. The van der Waals surface area contributed by atoms with Gasteiger partial charge in [-0.25, -0.2) is 0 Å². The van der Waals surface area contributed by atoms with Gasteiger partial charge in [0.05, 0.1) is 12.2 Å². The fraction of sp³-hybridized carbons (Fsp3) is 0.545. The molecule has 1 saturated heterocycles. The molecule has 1 aromatic rings. The average Bonchev–Trinajstić information content (AvgIpc) is 2.65. The van der Waals surface area contributed by atoms with Crippen molar-refractivity contribution in [1.82, 2.24) is 9.47 Å². The molecule has 0 amide bonds. The average molecular weight is 223 g/mol. The summed E-state index contributed by atoms with van der Waals surface area (Å²) in [5.41, 5.74) is 1.22. The fourth-order valence-corrected chi connectivity index (χ4v) is 2.03. The Labute approximate surface area is 94.9 Å². The van der Waals surface area contributed by atoms with Crippen molar-refractivity contribution >= 4 is 11.7 Å². The summed E-state index contributed by atoms with van der Waals surface area (Å²) in [4.78, 5) is 14.8. The van der Waals surface area contributed by atoms with Gasteiger partial charge in [0, 0.05) is 45.6 Å². The van der Waals surface area contributed by atoms with E-state index in [1.54, 1.807) is 0 Å². The summed E-state index contributed by atoms with van der Waals surface area (Å²) in [7, 11) is 2.00. The minimum Gasteiger partial charge on any atom is -0.480 e. The smallest absolute Gasteiger partial charge is 0.317 e. The van der Waals surface area contributed by atoms with Gasteiger partial charge in [-0.15, -0.1) is 0 Å². The maximum Gasteiger partial charge on any atom is 0.317 e. The van der Waals surface area contributed by atoms with Gasteiger partial charge in [-0.1, -0.05) is 0 Å². The number of nitrogens with zero attached hydrogens (tertiary/aromatic N) is 3. The van der Waals surface area contributed by atoms with Crippen LogP contribution in [0.3, 0.4) is 0 Å². The Hall–Kier alpha value is -1.49. The molecule has 0 aromatic carbocycles. The molecule has 1 aliphatic heterocycles. The van der Waals surface area contributed by atoms with Gasteiger partial charge in [0.15, 0.2) is 0 Å². The van der Waals surface area contributed by atoms with Gasteiger partial charge in [-0.05, 0) is 6.07 Å². The molecule has 88 valence electrons. The Morgan fingerprint density at radius 1 is 1.38 bits per heavy atom. The zero-order valence-electron chi connectivity index (χ0n) is 9.46. The summed E-state index contributed by atoms with van der Waals surface area (Å²) in [6.45, 7) is 3.60. The van der Waals surface area contributed by atoms with E-state index in [1.165, 1.54) is 5.69 Å². The second-order valence-corrected chi connectivity index (χ2v) is 4.19. The van der Waals surface area contributed by atoms with Gasteiger partial charge in [0.2, 0.25) is 0 Å². The van der Waals surface area contributed by atoms with E-state index >= 15 is 0 Å². The summed E-state index contributed by atoms with van der Waals surface area (Å²) >= 11 is 0. The standard InChI is InChI=1S/C11H17N3O2/c1-12-3-2-10(8-12)14-6-4-13(5-7-14)9-11(15)16/h2-3,8H,4-7,9H2,1H3,(H,15,16). The highest BCUT2D eigenvalue weighted by atomic mass is 16.4. The van der Waals surface area contributed by atoms with E-state index in [4.69, 9.17) is 5.11 Å². The van der Waals surface area contributed by atoms with E-state index in [0.717, 1.165) is 26.2 Å². The maximum atomic E-state index is 10.6. The Morgan fingerprint density at radius 2 is 2.06 bits per heavy atom. The van der Waals surface area contributed by atoms with Crippen molar-refractivity contribution in [2.75, 3.05) is 37.6 Å². The summed E-state index contributed by atoms with van der Waals surface area (Å²) in [6.07, 6.45) is 4.12. The van der Waals surface area contributed by atoms with E-state index < -0.39 is 5.97 Å². The minimum absolute atomic E-state index is 0.155. The number of piperazine rings is 1. The van der Waals surface area contributed by atoms with Crippen molar-refractivity contribution in [2.24, 2.45) is 7.05 Å². The number of aromatic nitrogens is 1. The Bertz CT molecular complexity index is 367. The number of hydrogen-bond acceptors (Lipinski definition) is 3. The molecule has 0 unspecified atom stereocenters. The van der Waals surface area contributed by atoms with Crippen LogP contribution in [0.25, 0.3) is 0 Å². The summed E-state index contributed by atoms with van der Waals surface area (Å²) < 4.78 is 2.03. The maximum absolute atomic E-state index is 10.6. The second kappa shape index (κ2) is 4.57. The number of carboxylic acids is 1. The van der Waals surface area contributed by atoms with Gasteiger partial charge in [-0.2, -0.15) is 0 Å². The first-order chi connectivity index (χ1) is 7.65.